The molecule has 2 rings (SSSR count). The number of fused-ring (bicyclic) bond motifs is 1. The number of halogens is 2. The van der Waals surface area contributed by atoms with Gasteiger partial charge in [0.2, 0.25) is 0 Å². The van der Waals surface area contributed by atoms with Crippen molar-refractivity contribution in [2.45, 2.75) is 39.7 Å². The topological polar surface area (TPSA) is 81.2 Å². The molecule has 23 heavy (non-hydrogen) atoms. The first-order valence-electron chi connectivity index (χ1n) is 7.23. The van der Waals surface area contributed by atoms with Crippen LogP contribution in [0, 0.1) is 12.8 Å². The molecule has 2 aromatic heterocycles. The SMILES string of the molecule is Cc1ccc2oc(C(=O)NC(C)(CN)CC(C)C)cc2n1.Cl.Cl. The maximum absolute atomic E-state index is 12.4. The second kappa shape index (κ2) is 8.52. The number of pyridine rings is 1. The summed E-state index contributed by atoms with van der Waals surface area (Å²) in [6.07, 6.45) is 0.812. The van der Waals surface area contributed by atoms with E-state index in [4.69, 9.17) is 10.2 Å². The van der Waals surface area contributed by atoms with Gasteiger partial charge in [-0.15, -0.1) is 24.8 Å². The Morgan fingerprint density at radius 2 is 2.04 bits per heavy atom. The van der Waals surface area contributed by atoms with Crippen molar-refractivity contribution in [1.29, 1.82) is 0 Å². The lowest BCUT2D eigenvalue weighted by molar-refractivity contribution is 0.0872. The Morgan fingerprint density at radius 1 is 1.39 bits per heavy atom. The van der Waals surface area contributed by atoms with Crippen LogP contribution in [0.3, 0.4) is 0 Å². The first-order chi connectivity index (χ1) is 9.83. The average Bonchev–Trinajstić information content (AvgIpc) is 2.80. The van der Waals surface area contributed by atoms with Crippen LogP contribution in [0.25, 0.3) is 11.1 Å². The number of nitrogens with zero attached hydrogens (tertiary/aromatic N) is 1. The Morgan fingerprint density at radius 3 is 2.61 bits per heavy atom. The minimum Gasteiger partial charge on any atom is -0.449 e. The van der Waals surface area contributed by atoms with Crippen molar-refractivity contribution in [1.82, 2.24) is 10.3 Å². The van der Waals surface area contributed by atoms with Crippen LogP contribution < -0.4 is 11.1 Å². The van der Waals surface area contributed by atoms with Gasteiger partial charge in [0.15, 0.2) is 11.3 Å². The number of aromatic nitrogens is 1. The molecule has 1 amide bonds. The van der Waals surface area contributed by atoms with Crippen LogP contribution in [0.4, 0.5) is 0 Å². The molecule has 0 bridgehead atoms. The number of hydrogen-bond donors (Lipinski definition) is 2. The number of furan rings is 1. The summed E-state index contributed by atoms with van der Waals surface area (Å²) >= 11 is 0. The van der Waals surface area contributed by atoms with E-state index in [9.17, 15) is 4.79 Å². The molecule has 1 atom stereocenters. The first-order valence-corrected chi connectivity index (χ1v) is 7.23. The van der Waals surface area contributed by atoms with Crippen LogP contribution in [0.2, 0.25) is 0 Å². The third kappa shape index (κ3) is 5.37. The van der Waals surface area contributed by atoms with E-state index in [0.29, 0.717) is 23.6 Å². The summed E-state index contributed by atoms with van der Waals surface area (Å²) in [4.78, 5) is 16.7. The third-order valence-electron chi connectivity index (χ3n) is 3.46. The van der Waals surface area contributed by atoms with Gasteiger partial charge in [0.05, 0.1) is 5.54 Å². The molecule has 2 aromatic rings. The van der Waals surface area contributed by atoms with E-state index in [1.165, 1.54) is 0 Å². The van der Waals surface area contributed by atoms with E-state index < -0.39 is 5.54 Å². The zero-order valence-electron chi connectivity index (χ0n) is 13.9. The molecule has 0 aliphatic rings. The first kappa shape index (κ1) is 21.7. The van der Waals surface area contributed by atoms with Crippen molar-refractivity contribution >= 4 is 41.8 Å². The quantitative estimate of drug-likeness (QED) is 0.853. The monoisotopic (exact) mass is 361 g/mol. The summed E-state index contributed by atoms with van der Waals surface area (Å²) in [6.45, 7) is 8.45. The van der Waals surface area contributed by atoms with Crippen molar-refractivity contribution in [3.8, 4) is 0 Å². The lowest BCUT2D eigenvalue weighted by Gasteiger charge is -2.30. The largest absolute Gasteiger partial charge is 0.449 e. The number of rotatable bonds is 5. The molecule has 0 radical (unpaired) electrons. The molecule has 0 aliphatic heterocycles. The van der Waals surface area contributed by atoms with Crippen molar-refractivity contribution in [3.63, 3.8) is 0 Å². The van der Waals surface area contributed by atoms with Gasteiger partial charge >= 0.3 is 0 Å². The Hall–Kier alpha value is -1.30. The van der Waals surface area contributed by atoms with Crippen LogP contribution >= 0.6 is 24.8 Å². The Bertz CT molecular complexity index is 658. The molecule has 2 heterocycles. The number of nitrogens with two attached hydrogens (primary N) is 1. The van der Waals surface area contributed by atoms with Crippen molar-refractivity contribution in [2.24, 2.45) is 11.7 Å². The predicted molar refractivity (Wildman–Crippen MR) is 97.6 cm³/mol. The van der Waals surface area contributed by atoms with Gasteiger partial charge in [0, 0.05) is 18.3 Å². The molecule has 1 unspecified atom stereocenters. The van der Waals surface area contributed by atoms with E-state index in [0.717, 1.165) is 12.1 Å². The fraction of sp³-hybridized carbons (Fsp3) is 0.500. The highest BCUT2D eigenvalue weighted by Crippen LogP contribution is 2.20. The van der Waals surface area contributed by atoms with Gasteiger partial charge in [0.1, 0.15) is 5.52 Å². The molecule has 3 N–H and O–H groups in total. The van der Waals surface area contributed by atoms with Gasteiger partial charge in [-0.2, -0.15) is 0 Å². The van der Waals surface area contributed by atoms with Gasteiger partial charge in [-0.05, 0) is 38.3 Å². The summed E-state index contributed by atoms with van der Waals surface area (Å²) in [5.74, 6) is 0.463. The van der Waals surface area contributed by atoms with Crippen molar-refractivity contribution in [2.75, 3.05) is 6.54 Å². The fourth-order valence-corrected chi connectivity index (χ4v) is 2.56. The maximum atomic E-state index is 12.4. The summed E-state index contributed by atoms with van der Waals surface area (Å²) in [5, 5.41) is 2.98. The molecule has 0 aromatic carbocycles. The number of hydrogen-bond acceptors (Lipinski definition) is 4. The van der Waals surface area contributed by atoms with Crippen LogP contribution in [0.15, 0.2) is 22.6 Å². The Balaban J connectivity index is 0.00000242. The Kier molecular flexibility index (Phi) is 8.04. The molecular weight excluding hydrogens is 337 g/mol. The minimum absolute atomic E-state index is 0. The summed E-state index contributed by atoms with van der Waals surface area (Å²) in [6, 6.07) is 5.35. The van der Waals surface area contributed by atoms with Crippen LogP contribution in [0.5, 0.6) is 0 Å². The van der Waals surface area contributed by atoms with Gasteiger partial charge < -0.3 is 15.5 Å². The molecular formula is C16H25Cl2N3O2. The number of nitrogens with one attached hydrogen (secondary N) is 1. The zero-order valence-corrected chi connectivity index (χ0v) is 15.5. The molecule has 7 heteroatoms. The highest BCUT2D eigenvalue weighted by atomic mass is 35.5. The standard InChI is InChI=1S/C16H23N3O2.2ClH/c1-10(2)8-16(4,9-17)19-15(20)14-7-12-13(21-14)6-5-11(3)18-12;;/h5-7,10H,8-9,17H2,1-4H3,(H,19,20);2*1H. The minimum atomic E-state index is -0.437. The maximum Gasteiger partial charge on any atom is 0.287 e. The van der Waals surface area contributed by atoms with E-state index in [1.54, 1.807) is 6.07 Å². The second-order valence-electron chi connectivity index (χ2n) is 6.26. The number of aryl methyl sites for hydroxylation is 1. The zero-order chi connectivity index (χ0) is 15.6. The predicted octanol–water partition coefficient (Wildman–Crippen LogP) is 3.47. The highest BCUT2D eigenvalue weighted by molar-refractivity contribution is 5.95. The van der Waals surface area contributed by atoms with Crippen molar-refractivity contribution < 1.29 is 9.21 Å². The second-order valence-corrected chi connectivity index (χ2v) is 6.26. The number of carbonyl (C=O) groups is 1. The van der Waals surface area contributed by atoms with Crippen LogP contribution in [0.1, 0.15) is 43.4 Å². The molecule has 0 spiro atoms. The van der Waals surface area contributed by atoms with Gasteiger partial charge in [-0.3, -0.25) is 4.79 Å². The van der Waals surface area contributed by atoms with E-state index in [-0.39, 0.29) is 36.5 Å². The number of carbonyl (C=O) groups excluding carboxylic acids is 1. The fourth-order valence-electron chi connectivity index (χ4n) is 2.56. The summed E-state index contributed by atoms with van der Waals surface area (Å²) in [5.41, 5.74) is 7.58. The molecule has 0 aliphatic carbocycles. The third-order valence-corrected chi connectivity index (χ3v) is 3.46. The molecule has 0 fully saturated rings. The summed E-state index contributed by atoms with van der Waals surface area (Å²) < 4.78 is 5.56. The average molecular weight is 362 g/mol. The van der Waals surface area contributed by atoms with Crippen LogP contribution in [-0.4, -0.2) is 23.0 Å². The van der Waals surface area contributed by atoms with Gasteiger partial charge in [0.25, 0.3) is 5.91 Å². The molecule has 5 nitrogen and oxygen atoms in total. The lowest BCUT2D eigenvalue weighted by Crippen LogP contribution is -2.52. The number of amides is 1. The van der Waals surface area contributed by atoms with E-state index in [2.05, 4.69) is 24.1 Å². The summed E-state index contributed by atoms with van der Waals surface area (Å²) in [7, 11) is 0. The van der Waals surface area contributed by atoms with Gasteiger partial charge in [-0.25, -0.2) is 4.98 Å². The molecule has 0 saturated carbocycles. The molecule has 0 saturated heterocycles. The lowest BCUT2D eigenvalue weighted by atomic mass is 9.90. The smallest absolute Gasteiger partial charge is 0.287 e. The van der Waals surface area contributed by atoms with E-state index >= 15 is 0 Å². The Labute approximate surface area is 149 Å². The normalized spacial score (nSPS) is 13.1. The van der Waals surface area contributed by atoms with E-state index in [1.807, 2.05) is 26.0 Å². The molecule has 130 valence electrons. The van der Waals surface area contributed by atoms with Crippen molar-refractivity contribution in [3.05, 3.63) is 29.7 Å². The van der Waals surface area contributed by atoms with Gasteiger partial charge in [-0.1, -0.05) is 13.8 Å². The van der Waals surface area contributed by atoms with Crippen LogP contribution in [-0.2, 0) is 0 Å². The highest BCUT2D eigenvalue weighted by Gasteiger charge is 2.27.